The second kappa shape index (κ2) is 4.69. The highest BCUT2D eigenvalue weighted by molar-refractivity contribution is 5.56. The number of halogens is 2. The predicted octanol–water partition coefficient (Wildman–Crippen LogP) is 3.03. The molecular formula is C14H11F2NO4. The van der Waals surface area contributed by atoms with Crippen LogP contribution in [0.1, 0.15) is 5.56 Å². The third-order valence-corrected chi connectivity index (χ3v) is 2.94. The quantitative estimate of drug-likeness (QED) is 0.759. The fraction of sp³-hybridized carbons (Fsp3) is 0.143. The van der Waals surface area contributed by atoms with Crippen LogP contribution >= 0.6 is 0 Å². The lowest BCUT2D eigenvalue weighted by molar-refractivity contribution is -0.286. The van der Waals surface area contributed by atoms with Crippen molar-refractivity contribution in [2.45, 2.75) is 12.8 Å². The molecule has 0 spiro atoms. The highest BCUT2D eigenvalue weighted by Crippen LogP contribution is 2.42. The number of nitrogens with one attached hydrogen (secondary N) is 1. The number of aromatic hydroxyl groups is 2. The lowest BCUT2D eigenvalue weighted by atomic mass is 10.2. The van der Waals surface area contributed by atoms with E-state index in [0.717, 1.165) is 0 Å². The molecule has 5 nitrogen and oxygen atoms in total. The van der Waals surface area contributed by atoms with Crippen molar-refractivity contribution < 1.29 is 28.5 Å². The van der Waals surface area contributed by atoms with Gasteiger partial charge in [0.15, 0.2) is 23.0 Å². The number of hydrogen-bond acceptors (Lipinski definition) is 5. The molecular weight excluding hydrogens is 284 g/mol. The summed E-state index contributed by atoms with van der Waals surface area (Å²) in [6.07, 6.45) is -3.64. The lowest BCUT2D eigenvalue weighted by Gasteiger charge is -2.08. The molecule has 3 rings (SSSR count). The first-order chi connectivity index (χ1) is 9.93. The maximum absolute atomic E-state index is 12.9. The Kier molecular flexibility index (Phi) is 2.97. The van der Waals surface area contributed by atoms with Gasteiger partial charge in [0.05, 0.1) is 0 Å². The van der Waals surface area contributed by atoms with Gasteiger partial charge in [-0.15, -0.1) is 8.78 Å². The standard InChI is InChI=1S/C14H11F2NO4/c15-14(16)20-12-4-2-9(6-13(12)21-14)17-7-8-1-3-10(18)11(19)5-8/h1-6,17-19H,7H2. The zero-order valence-electron chi connectivity index (χ0n) is 10.6. The second-order valence-electron chi connectivity index (χ2n) is 4.51. The smallest absolute Gasteiger partial charge is 0.504 e. The van der Waals surface area contributed by atoms with Gasteiger partial charge in [0.25, 0.3) is 0 Å². The predicted molar refractivity (Wildman–Crippen MR) is 69.7 cm³/mol. The monoisotopic (exact) mass is 295 g/mol. The number of phenols is 2. The fourth-order valence-corrected chi connectivity index (χ4v) is 1.94. The molecule has 0 aliphatic carbocycles. The molecule has 2 aromatic rings. The van der Waals surface area contributed by atoms with E-state index in [9.17, 15) is 19.0 Å². The van der Waals surface area contributed by atoms with Crippen LogP contribution in [-0.2, 0) is 6.54 Å². The van der Waals surface area contributed by atoms with E-state index in [-0.39, 0.29) is 23.0 Å². The SMILES string of the molecule is Oc1ccc(CNc2ccc3c(c2)OC(F)(F)O3)cc1O. The van der Waals surface area contributed by atoms with E-state index in [4.69, 9.17) is 0 Å². The molecule has 0 amide bonds. The van der Waals surface area contributed by atoms with Crippen LogP contribution < -0.4 is 14.8 Å². The van der Waals surface area contributed by atoms with Crippen LogP contribution in [0.15, 0.2) is 36.4 Å². The van der Waals surface area contributed by atoms with Gasteiger partial charge in [-0.1, -0.05) is 6.07 Å². The Balaban J connectivity index is 1.71. The molecule has 1 heterocycles. The Hall–Kier alpha value is -2.70. The number of rotatable bonds is 3. The van der Waals surface area contributed by atoms with Gasteiger partial charge in [0, 0.05) is 18.3 Å². The molecule has 0 fully saturated rings. The van der Waals surface area contributed by atoms with Crippen molar-refractivity contribution in [3.05, 3.63) is 42.0 Å². The summed E-state index contributed by atoms with van der Waals surface area (Å²) < 4.78 is 34.4. The molecule has 0 aromatic heterocycles. The first kappa shape index (κ1) is 13.3. The van der Waals surface area contributed by atoms with Crippen LogP contribution in [0.25, 0.3) is 0 Å². The summed E-state index contributed by atoms with van der Waals surface area (Å²) in [5, 5.41) is 21.6. The topological polar surface area (TPSA) is 71.0 Å². The normalized spacial score (nSPS) is 15.0. The van der Waals surface area contributed by atoms with Crippen molar-refractivity contribution in [1.82, 2.24) is 0 Å². The van der Waals surface area contributed by atoms with Gasteiger partial charge in [-0.3, -0.25) is 0 Å². The van der Waals surface area contributed by atoms with Crippen LogP contribution in [0.5, 0.6) is 23.0 Å². The van der Waals surface area contributed by atoms with Crippen LogP contribution in [0, 0.1) is 0 Å². The minimum absolute atomic E-state index is 0.0205. The lowest BCUT2D eigenvalue weighted by Crippen LogP contribution is -2.25. The third kappa shape index (κ3) is 2.76. The molecule has 1 aliphatic heterocycles. The maximum atomic E-state index is 12.9. The molecule has 3 N–H and O–H groups in total. The van der Waals surface area contributed by atoms with E-state index < -0.39 is 6.29 Å². The van der Waals surface area contributed by atoms with Crippen molar-refractivity contribution in [3.8, 4) is 23.0 Å². The van der Waals surface area contributed by atoms with E-state index >= 15 is 0 Å². The number of anilines is 1. The summed E-state index contributed by atoms with van der Waals surface area (Å²) in [5.74, 6) is -0.491. The van der Waals surface area contributed by atoms with Gasteiger partial charge >= 0.3 is 6.29 Å². The van der Waals surface area contributed by atoms with Crippen LogP contribution in [-0.4, -0.2) is 16.5 Å². The van der Waals surface area contributed by atoms with Crippen molar-refractivity contribution in [1.29, 1.82) is 0 Å². The molecule has 2 aromatic carbocycles. The van der Waals surface area contributed by atoms with Gasteiger partial charge in [-0.25, -0.2) is 0 Å². The van der Waals surface area contributed by atoms with Crippen molar-refractivity contribution in [2.75, 3.05) is 5.32 Å². The fourth-order valence-electron chi connectivity index (χ4n) is 1.94. The Bertz CT molecular complexity index is 691. The molecule has 0 unspecified atom stereocenters. The van der Waals surface area contributed by atoms with Gasteiger partial charge in [-0.05, 0) is 29.8 Å². The Morgan fingerprint density at radius 3 is 2.48 bits per heavy atom. The average Bonchev–Trinajstić information content (AvgIpc) is 2.73. The molecule has 0 bridgehead atoms. The summed E-state index contributed by atoms with van der Waals surface area (Å²) in [6.45, 7) is 0.337. The third-order valence-electron chi connectivity index (χ3n) is 2.94. The first-order valence-corrected chi connectivity index (χ1v) is 6.07. The highest BCUT2D eigenvalue weighted by atomic mass is 19.3. The van der Waals surface area contributed by atoms with E-state index in [1.165, 1.54) is 24.3 Å². The molecule has 7 heteroatoms. The first-order valence-electron chi connectivity index (χ1n) is 6.07. The molecule has 0 saturated heterocycles. The zero-order valence-corrected chi connectivity index (χ0v) is 10.6. The van der Waals surface area contributed by atoms with E-state index in [1.54, 1.807) is 12.1 Å². The maximum Gasteiger partial charge on any atom is 0.586 e. The van der Waals surface area contributed by atoms with Gasteiger partial charge in [0.2, 0.25) is 0 Å². The summed E-state index contributed by atoms with van der Waals surface area (Å²) in [6, 6.07) is 8.76. The van der Waals surface area contributed by atoms with E-state index in [2.05, 4.69) is 14.8 Å². The number of fused-ring (bicyclic) bond motifs is 1. The van der Waals surface area contributed by atoms with Crippen molar-refractivity contribution in [3.63, 3.8) is 0 Å². The second-order valence-corrected chi connectivity index (χ2v) is 4.51. The highest BCUT2D eigenvalue weighted by Gasteiger charge is 2.43. The minimum Gasteiger partial charge on any atom is -0.504 e. The molecule has 21 heavy (non-hydrogen) atoms. The van der Waals surface area contributed by atoms with E-state index in [1.807, 2.05) is 0 Å². The molecule has 0 saturated carbocycles. The van der Waals surface area contributed by atoms with E-state index in [0.29, 0.717) is 17.8 Å². The minimum atomic E-state index is -3.64. The molecule has 110 valence electrons. The van der Waals surface area contributed by atoms with Gasteiger partial charge < -0.3 is 25.0 Å². The van der Waals surface area contributed by atoms with Crippen LogP contribution in [0.4, 0.5) is 14.5 Å². The Morgan fingerprint density at radius 2 is 1.71 bits per heavy atom. The number of hydrogen-bond donors (Lipinski definition) is 3. The van der Waals surface area contributed by atoms with Crippen molar-refractivity contribution in [2.24, 2.45) is 0 Å². The number of ether oxygens (including phenoxy) is 2. The summed E-state index contributed by atoms with van der Waals surface area (Å²) in [4.78, 5) is 0. The van der Waals surface area contributed by atoms with Gasteiger partial charge in [0.1, 0.15) is 0 Å². The number of alkyl halides is 2. The zero-order chi connectivity index (χ0) is 15.0. The Labute approximate surface area is 118 Å². The van der Waals surface area contributed by atoms with Crippen LogP contribution in [0.3, 0.4) is 0 Å². The molecule has 0 radical (unpaired) electrons. The average molecular weight is 295 g/mol. The van der Waals surface area contributed by atoms with Crippen LogP contribution in [0.2, 0.25) is 0 Å². The number of benzene rings is 2. The van der Waals surface area contributed by atoms with Crippen molar-refractivity contribution >= 4 is 5.69 Å². The van der Waals surface area contributed by atoms with Gasteiger partial charge in [-0.2, -0.15) is 0 Å². The summed E-state index contributed by atoms with van der Waals surface area (Å²) in [5.41, 5.74) is 1.27. The largest absolute Gasteiger partial charge is 0.586 e. The molecule has 0 atom stereocenters. The summed E-state index contributed by atoms with van der Waals surface area (Å²) in [7, 11) is 0. The molecule has 1 aliphatic rings. The number of phenolic OH excluding ortho intramolecular Hbond substituents is 2. The summed E-state index contributed by atoms with van der Waals surface area (Å²) >= 11 is 0. The Morgan fingerprint density at radius 1 is 0.952 bits per heavy atom.